The van der Waals surface area contributed by atoms with Crippen LogP contribution in [0.1, 0.15) is 40.1 Å². The molecule has 1 atom stereocenters. The first-order valence-electron chi connectivity index (χ1n) is 9.73. The van der Waals surface area contributed by atoms with Gasteiger partial charge in [-0.05, 0) is 31.0 Å². The Morgan fingerprint density at radius 2 is 1.93 bits per heavy atom. The zero-order valence-electron chi connectivity index (χ0n) is 16.8. The van der Waals surface area contributed by atoms with E-state index in [9.17, 15) is 9.59 Å². The molecule has 6 heteroatoms. The molecular formula is C22H28N2O4. The monoisotopic (exact) mass is 384 g/mol. The van der Waals surface area contributed by atoms with Gasteiger partial charge in [-0.15, -0.1) is 0 Å². The van der Waals surface area contributed by atoms with Crippen molar-refractivity contribution in [3.8, 4) is 0 Å². The summed E-state index contributed by atoms with van der Waals surface area (Å²) >= 11 is 0. The Morgan fingerprint density at radius 3 is 2.57 bits per heavy atom. The summed E-state index contributed by atoms with van der Waals surface area (Å²) in [5, 5.41) is 0. The van der Waals surface area contributed by atoms with Gasteiger partial charge in [0.1, 0.15) is 6.26 Å². The Hall–Kier alpha value is -2.60. The van der Waals surface area contributed by atoms with Gasteiger partial charge in [-0.25, -0.2) is 0 Å². The van der Waals surface area contributed by atoms with Gasteiger partial charge >= 0.3 is 0 Å². The average Bonchev–Trinajstić information content (AvgIpc) is 3.21. The number of aryl methyl sites for hydroxylation is 1. The highest BCUT2D eigenvalue weighted by molar-refractivity contribution is 5.94. The van der Waals surface area contributed by atoms with E-state index in [1.165, 1.54) is 12.5 Å². The fraction of sp³-hybridized carbons (Fsp3) is 0.455. The Labute approximate surface area is 166 Å². The van der Waals surface area contributed by atoms with Gasteiger partial charge in [0.25, 0.3) is 11.8 Å². The first-order chi connectivity index (χ1) is 13.4. The molecule has 2 aromatic rings. The Morgan fingerprint density at radius 1 is 1.18 bits per heavy atom. The van der Waals surface area contributed by atoms with Gasteiger partial charge in [-0.1, -0.05) is 31.5 Å². The lowest BCUT2D eigenvalue weighted by Gasteiger charge is -2.36. The molecule has 0 radical (unpaired) electrons. The predicted octanol–water partition coefficient (Wildman–Crippen LogP) is 3.23. The highest BCUT2D eigenvalue weighted by Gasteiger charge is 2.29. The number of amides is 2. The maximum Gasteiger partial charge on any atom is 0.257 e. The molecule has 1 aromatic carbocycles. The van der Waals surface area contributed by atoms with Crippen LogP contribution in [0.2, 0.25) is 0 Å². The summed E-state index contributed by atoms with van der Waals surface area (Å²) in [4.78, 5) is 29.2. The molecule has 0 bridgehead atoms. The molecule has 0 N–H and O–H groups in total. The van der Waals surface area contributed by atoms with Gasteiger partial charge in [-0.3, -0.25) is 9.59 Å². The zero-order valence-corrected chi connectivity index (χ0v) is 16.8. The molecule has 6 nitrogen and oxygen atoms in total. The van der Waals surface area contributed by atoms with Crippen molar-refractivity contribution in [3.63, 3.8) is 0 Å². The van der Waals surface area contributed by atoms with Crippen LogP contribution in [0.15, 0.2) is 47.3 Å². The fourth-order valence-electron chi connectivity index (χ4n) is 3.39. The summed E-state index contributed by atoms with van der Waals surface area (Å²) in [5.41, 5.74) is 2.33. The minimum Gasteiger partial charge on any atom is -0.472 e. The molecule has 0 spiro atoms. The number of ether oxygens (including phenoxy) is 1. The normalized spacial score (nSPS) is 17.0. The van der Waals surface area contributed by atoms with Crippen LogP contribution in [-0.4, -0.2) is 60.5 Å². The second kappa shape index (κ2) is 9.06. The first kappa shape index (κ1) is 20.1. The summed E-state index contributed by atoms with van der Waals surface area (Å²) in [7, 11) is 0. The second-order valence-corrected chi connectivity index (χ2v) is 7.73. The van der Waals surface area contributed by atoms with E-state index in [0.717, 1.165) is 5.56 Å². The molecule has 0 aliphatic carbocycles. The molecule has 1 saturated heterocycles. The molecule has 28 heavy (non-hydrogen) atoms. The van der Waals surface area contributed by atoms with E-state index in [4.69, 9.17) is 9.15 Å². The topological polar surface area (TPSA) is 63.0 Å². The third-order valence-electron chi connectivity index (χ3n) is 4.79. The molecule has 150 valence electrons. The van der Waals surface area contributed by atoms with Crippen molar-refractivity contribution < 1.29 is 18.7 Å². The van der Waals surface area contributed by atoms with Crippen LogP contribution in [0.5, 0.6) is 0 Å². The third-order valence-corrected chi connectivity index (χ3v) is 4.79. The quantitative estimate of drug-likeness (QED) is 0.767. The summed E-state index contributed by atoms with van der Waals surface area (Å²) < 4.78 is 10.9. The van der Waals surface area contributed by atoms with Crippen molar-refractivity contribution in [1.82, 2.24) is 9.80 Å². The maximum atomic E-state index is 13.0. The minimum absolute atomic E-state index is 0.00409. The molecule has 1 aliphatic rings. The van der Waals surface area contributed by atoms with E-state index in [0.29, 0.717) is 49.8 Å². The van der Waals surface area contributed by atoms with E-state index < -0.39 is 0 Å². The number of hydrogen-bond acceptors (Lipinski definition) is 4. The smallest absolute Gasteiger partial charge is 0.257 e. The highest BCUT2D eigenvalue weighted by Crippen LogP contribution is 2.15. The number of carbonyl (C=O) groups excluding carboxylic acids is 2. The third kappa shape index (κ3) is 5.01. The van der Waals surface area contributed by atoms with Crippen LogP contribution < -0.4 is 0 Å². The molecule has 3 rings (SSSR count). The van der Waals surface area contributed by atoms with Gasteiger partial charge in [0.2, 0.25) is 0 Å². The summed E-state index contributed by atoms with van der Waals surface area (Å²) in [6.07, 6.45) is 2.74. The van der Waals surface area contributed by atoms with Gasteiger partial charge in [-0.2, -0.15) is 0 Å². The highest BCUT2D eigenvalue weighted by atomic mass is 16.5. The van der Waals surface area contributed by atoms with Gasteiger partial charge in [0.15, 0.2) is 0 Å². The molecule has 2 heterocycles. The minimum atomic E-state index is -0.210. The lowest BCUT2D eigenvalue weighted by Crippen LogP contribution is -2.51. The molecule has 1 fully saturated rings. The van der Waals surface area contributed by atoms with Crippen LogP contribution in [0.3, 0.4) is 0 Å². The molecule has 1 aliphatic heterocycles. The SMILES string of the molecule is Cc1ccc(C(=O)N(CC(C)C)CC2CN(C(=O)c3ccoc3)CCO2)cc1. The Balaban J connectivity index is 1.68. The van der Waals surface area contributed by atoms with Crippen LogP contribution in [0.4, 0.5) is 0 Å². The number of morpholine rings is 1. The largest absolute Gasteiger partial charge is 0.472 e. The van der Waals surface area contributed by atoms with Crippen LogP contribution in [0.25, 0.3) is 0 Å². The van der Waals surface area contributed by atoms with E-state index in [1.54, 1.807) is 11.0 Å². The number of furan rings is 1. The summed E-state index contributed by atoms with van der Waals surface area (Å²) in [6, 6.07) is 9.29. The van der Waals surface area contributed by atoms with Crippen molar-refractivity contribution in [2.24, 2.45) is 5.92 Å². The van der Waals surface area contributed by atoms with Crippen molar-refractivity contribution >= 4 is 11.8 Å². The van der Waals surface area contributed by atoms with Crippen LogP contribution >= 0.6 is 0 Å². The number of hydrogen-bond donors (Lipinski definition) is 0. The number of carbonyl (C=O) groups is 2. The summed E-state index contributed by atoms with van der Waals surface area (Å²) in [6.45, 7) is 8.74. The average molecular weight is 384 g/mol. The predicted molar refractivity (Wildman–Crippen MR) is 106 cm³/mol. The second-order valence-electron chi connectivity index (χ2n) is 7.73. The van der Waals surface area contributed by atoms with E-state index in [-0.39, 0.29) is 17.9 Å². The number of rotatable bonds is 6. The lowest BCUT2D eigenvalue weighted by atomic mass is 10.1. The van der Waals surface area contributed by atoms with E-state index in [2.05, 4.69) is 13.8 Å². The van der Waals surface area contributed by atoms with Crippen molar-refractivity contribution in [1.29, 1.82) is 0 Å². The Bertz CT molecular complexity index is 783. The number of benzene rings is 1. The fourth-order valence-corrected chi connectivity index (χ4v) is 3.39. The van der Waals surface area contributed by atoms with Crippen LogP contribution in [-0.2, 0) is 4.74 Å². The summed E-state index contributed by atoms with van der Waals surface area (Å²) in [5.74, 6) is 0.263. The van der Waals surface area contributed by atoms with Crippen molar-refractivity contribution in [2.75, 3.05) is 32.8 Å². The van der Waals surface area contributed by atoms with Crippen molar-refractivity contribution in [3.05, 3.63) is 59.5 Å². The van der Waals surface area contributed by atoms with Gasteiger partial charge in [0.05, 0.1) is 24.5 Å². The zero-order chi connectivity index (χ0) is 20.1. The van der Waals surface area contributed by atoms with E-state index >= 15 is 0 Å². The van der Waals surface area contributed by atoms with Gasteiger partial charge < -0.3 is 19.0 Å². The molecular weight excluding hydrogens is 356 g/mol. The van der Waals surface area contributed by atoms with Gasteiger partial charge in [0, 0.05) is 31.7 Å². The molecule has 2 amide bonds. The van der Waals surface area contributed by atoms with E-state index in [1.807, 2.05) is 36.1 Å². The molecule has 1 aromatic heterocycles. The standard InChI is InChI=1S/C22H28N2O4/c1-16(2)12-24(21(25)18-6-4-17(3)5-7-18)14-20-13-23(9-11-28-20)22(26)19-8-10-27-15-19/h4-8,10,15-16,20H,9,11-14H2,1-3H3. The maximum absolute atomic E-state index is 13.0. The molecule has 1 unspecified atom stereocenters. The van der Waals surface area contributed by atoms with Crippen molar-refractivity contribution in [2.45, 2.75) is 26.9 Å². The molecule has 0 saturated carbocycles. The lowest BCUT2D eigenvalue weighted by molar-refractivity contribution is -0.0340. The number of nitrogens with zero attached hydrogens (tertiary/aromatic N) is 2. The Kier molecular flexibility index (Phi) is 6.52. The van der Waals surface area contributed by atoms with Crippen LogP contribution in [0, 0.1) is 12.8 Å². The first-order valence-corrected chi connectivity index (χ1v) is 9.73.